The first-order valence-electron chi connectivity index (χ1n) is 3.27. The van der Waals surface area contributed by atoms with Crippen LogP contribution in [0.4, 0.5) is 0 Å². The smallest absolute Gasteiger partial charge is 0.330 e. The van der Waals surface area contributed by atoms with Crippen LogP contribution in [0, 0.1) is 0 Å². The maximum absolute atomic E-state index is 10.5. The molecule has 11 heavy (non-hydrogen) atoms. The van der Waals surface area contributed by atoms with Crippen molar-refractivity contribution in [3.63, 3.8) is 0 Å². The summed E-state index contributed by atoms with van der Waals surface area (Å²) in [4.78, 5) is 10.5. The molecule has 0 saturated heterocycles. The third-order valence-electron chi connectivity index (χ3n) is 0.934. The molecule has 1 atom stereocenters. The van der Waals surface area contributed by atoms with Gasteiger partial charge in [-0.05, 0) is 6.92 Å². The topological polar surface area (TPSA) is 46.5 Å². The molecule has 1 N–H and O–H groups in total. The van der Waals surface area contributed by atoms with E-state index >= 15 is 0 Å². The number of carbonyl (C=O) groups is 1. The lowest BCUT2D eigenvalue weighted by Crippen LogP contribution is -1.93. The van der Waals surface area contributed by atoms with E-state index in [0.29, 0.717) is 0 Å². The summed E-state index contributed by atoms with van der Waals surface area (Å²) >= 11 is 0. The van der Waals surface area contributed by atoms with Crippen molar-refractivity contribution in [1.82, 2.24) is 0 Å². The number of hydrogen-bond donors (Lipinski definition) is 1. The Labute approximate surface area is 66.0 Å². The minimum Gasteiger partial charge on any atom is -0.466 e. The Kier molecular flexibility index (Phi) is 5.11. The molecule has 3 heteroatoms. The average Bonchev–Trinajstić information content (AvgIpc) is 1.97. The number of allylic oxidation sites excluding steroid dienone is 2. The Morgan fingerprint density at radius 3 is 2.64 bits per heavy atom. The third kappa shape index (κ3) is 6.80. The van der Waals surface area contributed by atoms with Gasteiger partial charge in [0.15, 0.2) is 0 Å². The van der Waals surface area contributed by atoms with Crippen molar-refractivity contribution in [2.24, 2.45) is 0 Å². The van der Waals surface area contributed by atoms with Gasteiger partial charge in [0.25, 0.3) is 0 Å². The molecule has 0 fully saturated rings. The van der Waals surface area contributed by atoms with Crippen molar-refractivity contribution in [2.45, 2.75) is 13.0 Å². The molecular weight excluding hydrogens is 144 g/mol. The SMILES string of the molecule is COC(=O)C=CC=C[C@H](C)O. The first kappa shape index (κ1) is 9.91. The van der Waals surface area contributed by atoms with Crippen LogP contribution < -0.4 is 0 Å². The first-order valence-corrected chi connectivity index (χ1v) is 3.27. The molecule has 62 valence electrons. The Morgan fingerprint density at radius 2 is 2.18 bits per heavy atom. The second-order valence-corrected chi connectivity index (χ2v) is 2.01. The van der Waals surface area contributed by atoms with Gasteiger partial charge in [-0.1, -0.05) is 18.2 Å². The number of aliphatic hydroxyl groups excluding tert-OH is 1. The molecular formula is C8H12O3. The summed E-state index contributed by atoms with van der Waals surface area (Å²) in [6, 6.07) is 0. The Morgan fingerprint density at radius 1 is 1.55 bits per heavy atom. The predicted octanol–water partition coefficient (Wildman–Crippen LogP) is 0.653. The second kappa shape index (κ2) is 5.68. The monoisotopic (exact) mass is 156 g/mol. The van der Waals surface area contributed by atoms with Crippen molar-refractivity contribution >= 4 is 5.97 Å². The molecule has 0 aliphatic rings. The lowest BCUT2D eigenvalue weighted by molar-refractivity contribution is -0.134. The lowest BCUT2D eigenvalue weighted by atomic mass is 10.3. The summed E-state index contributed by atoms with van der Waals surface area (Å²) in [6.07, 6.45) is 5.44. The van der Waals surface area contributed by atoms with Crippen LogP contribution in [0.3, 0.4) is 0 Å². The standard InChI is InChI=1S/C8H12O3/c1-7(9)5-3-4-6-8(10)11-2/h3-7,9H,1-2H3/t7-/m0/s1. The van der Waals surface area contributed by atoms with E-state index in [9.17, 15) is 4.79 Å². The molecule has 0 rings (SSSR count). The highest BCUT2D eigenvalue weighted by molar-refractivity contribution is 5.82. The molecule has 0 heterocycles. The molecule has 0 spiro atoms. The highest BCUT2D eigenvalue weighted by atomic mass is 16.5. The quantitative estimate of drug-likeness (QED) is 0.371. The summed E-state index contributed by atoms with van der Waals surface area (Å²) in [5.74, 6) is -0.403. The van der Waals surface area contributed by atoms with Crippen LogP contribution in [0.25, 0.3) is 0 Å². The number of ether oxygens (including phenoxy) is 1. The fourth-order valence-corrected chi connectivity index (χ4v) is 0.427. The highest BCUT2D eigenvalue weighted by Gasteiger charge is 1.87. The summed E-state index contributed by atoms with van der Waals surface area (Å²) in [6.45, 7) is 1.63. The first-order chi connectivity index (χ1) is 5.16. The van der Waals surface area contributed by atoms with Crippen molar-refractivity contribution in [3.8, 4) is 0 Å². The minimum atomic E-state index is -0.489. The van der Waals surface area contributed by atoms with Gasteiger partial charge in [0.1, 0.15) is 0 Å². The number of aliphatic hydroxyl groups is 1. The van der Waals surface area contributed by atoms with Crippen molar-refractivity contribution in [1.29, 1.82) is 0 Å². The van der Waals surface area contributed by atoms with Gasteiger partial charge in [0, 0.05) is 6.08 Å². The van der Waals surface area contributed by atoms with Gasteiger partial charge in [-0.3, -0.25) is 0 Å². The number of carbonyl (C=O) groups excluding carboxylic acids is 1. The average molecular weight is 156 g/mol. The van der Waals surface area contributed by atoms with Gasteiger partial charge in [-0.15, -0.1) is 0 Å². The summed E-state index contributed by atoms with van der Waals surface area (Å²) < 4.78 is 4.34. The molecule has 0 amide bonds. The molecule has 0 radical (unpaired) electrons. The van der Waals surface area contributed by atoms with Gasteiger partial charge in [-0.25, -0.2) is 4.79 Å². The molecule has 0 aliphatic heterocycles. The van der Waals surface area contributed by atoms with Gasteiger partial charge in [-0.2, -0.15) is 0 Å². The van der Waals surface area contributed by atoms with Gasteiger partial charge < -0.3 is 9.84 Å². The maximum Gasteiger partial charge on any atom is 0.330 e. The largest absolute Gasteiger partial charge is 0.466 e. The molecule has 0 aliphatic carbocycles. The zero-order chi connectivity index (χ0) is 8.69. The summed E-state index contributed by atoms with van der Waals surface area (Å²) in [7, 11) is 1.31. The summed E-state index contributed by atoms with van der Waals surface area (Å²) in [5, 5.41) is 8.74. The number of methoxy groups -OCH3 is 1. The Balaban J connectivity index is 3.68. The molecule has 0 aromatic carbocycles. The number of rotatable bonds is 3. The van der Waals surface area contributed by atoms with E-state index in [-0.39, 0.29) is 0 Å². The number of hydrogen-bond acceptors (Lipinski definition) is 3. The van der Waals surface area contributed by atoms with Gasteiger partial charge in [0.05, 0.1) is 13.2 Å². The van der Waals surface area contributed by atoms with E-state index in [1.165, 1.54) is 19.3 Å². The van der Waals surface area contributed by atoms with Crippen LogP contribution in [0.1, 0.15) is 6.92 Å². The van der Waals surface area contributed by atoms with E-state index in [1.807, 2.05) is 0 Å². The highest BCUT2D eigenvalue weighted by Crippen LogP contribution is 1.84. The lowest BCUT2D eigenvalue weighted by Gasteiger charge is -1.89. The molecule has 0 unspecified atom stereocenters. The second-order valence-electron chi connectivity index (χ2n) is 2.01. The Hall–Kier alpha value is -1.09. The maximum atomic E-state index is 10.5. The normalized spacial score (nSPS) is 14.1. The fraction of sp³-hybridized carbons (Fsp3) is 0.375. The fourth-order valence-electron chi connectivity index (χ4n) is 0.427. The van der Waals surface area contributed by atoms with Crippen LogP contribution in [-0.2, 0) is 9.53 Å². The van der Waals surface area contributed by atoms with Crippen LogP contribution in [0.2, 0.25) is 0 Å². The molecule has 0 aromatic rings. The third-order valence-corrected chi connectivity index (χ3v) is 0.934. The molecule has 3 nitrogen and oxygen atoms in total. The zero-order valence-electron chi connectivity index (χ0n) is 6.65. The molecule has 0 saturated carbocycles. The van der Waals surface area contributed by atoms with E-state index in [2.05, 4.69) is 4.74 Å². The van der Waals surface area contributed by atoms with E-state index in [0.717, 1.165) is 0 Å². The zero-order valence-corrected chi connectivity index (χ0v) is 6.65. The van der Waals surface area contributed by atoms with Crippen molar-refractivity contribution < 1.29 is 14.6 Å². The van der Waals surface area contributed by atoms with Crippen LogP contribution in [0.5, 0.6) is 0 Å². The number of esters is 1. The van der Waals surface area contributed by atoms with E-state index in [1.54, 1.807) is 19.1 Å². The van der Waals surface area contributed by atoms with Crippen LogP contribution >= 0.6 is 0 Å². The van der Waals surface area contributed by atoms with Crippen molar-refractivity contribution in [2.75, 3.05) is 7.11 Å². The van der Waals surface area contributed by atoms with Crippen molar-refractivity contribution in [3.05, 3.63) is 24.3 Å². The predicted molar refractivity (Wildman–Crippen MR) is 42.0 cm³/mol. The van der Waals surface area contributed by atoms with Crippen LogP contribution in [0.15, 0.2) is 24.3 Å². The Bertz CT molecular complexity index is 168. The summed E-state index contributed by atoms with van der Waals surface area (Å²) in [5.41, 5.74) is 0. The van der Waals surface area contributed by atoms with E-state index < -0.39 is 12.1 Å². The molecule has 0 bridgehead atoms. The minimum absolute atomic E-state index is 0.403. The van der Waals surface area contributed by atoms with Crippen LogP contribution in [-0.4, -0.2) is 24.3 Å². The molecule has 0 aromatic heterocycles. The van der Waals surface area contributed by atoms with Gasteiger partial charge in [0.2, 0.25) is 0 Å². The van der Waals surface area contributed by atoms with E-state index in [4.69, 9.17) is 5.11 Å². The van der Waals surface area contributed by atoms with Gasteiger partial charge >= 0.3 is 5.97 Å².